The number of amides is 1. The Balaban J connectivity index is 1.81. The predicted octanol–water partition coefficient (Wildman–Crippen LogP) is 2.32. The summed E-state index contributed by atoms with van der Waals surface area (Å²) >= 11 is 6.51. The number of thiazole rings is 1. The third-order valence-corrected chi connectivity index (χ3v) is 5.01. The quantitative estimate of drug-likeness (QED) is 0.748. The van der Waals surface area contributed by atoms with Gasteiger partial charge in [0.25, 0.3) is 0 Å². The van der Waals surface area contributed by atoms with Crippen LogP contribution >= 0.6 is 23.6 Å². The molecular formula is C13H20N2O2S2. The Bertz CT molecular complexity index is 495. The molecule has 1 aliphatic carbocycles. The lowest BCUT2D eigenvalue weighted by atomic mass is 9.86. The number of aromatic amines is 1. The molecular weight excluding hydrogens is 280 g/mol. The summed E-state index contributed by atoms with van der Waals surface area (Å²) in [4.78, 5) is 15.9. The summed E-state index contributed by atoms with van der Waals surface area (Å²) in [6.07, 6.45) is 4.22. The Kier molecular flexibility index (Phi) is 5.13. The van der Waals surface area contributed by atoms with E-state index < -0.39 is 0 Å². The molecule has 0 aliphatic heterocycles. The number of H-pyrrole nitrogens is 1. The minimum absolute atomic E-state index is 0.00567. The molecule has 19 heavy (non-hydrogen) atoms. The van der Waals surface area contributed by atoms with Crippen molar-refractivity contribution in [1.82, 2.24) is 10.3 Å². The zero-order valence-electron chi connectivity index (χ0n) is 11.1. The molecule has 1 aromatic rings. The van der Waals surface area contributed by atoms with Crippen LogP contribution in [0.25, 0.3) is 0 Å². The topological polar surface area (TPSA) is 65.1 Å². The Morgan fingerprint density at radius 1 is 1.53 bits per heavy atom. The second-order valence-corrected chi connectivity index (χ2v) is 6.93. The van der Waals surface area contributed by atoms with Crippen molar-refractivity contribution in [3.8, 4) is 0 Å². The van der Waals surface area contributed by atoms with Gasteiger partial charge in [-0.05, 0) is 32.0 Å². The van der Waals surface area contributed by atoms with Gasteiger partial charge in [0, 0.05) is 23.0 Å². The molecule has 1 saturated carbocycles. The number of hydrogen-bond donors (Lipinski definition) is 3. The van der Waals surface area contributed by atoms with E-state index in [1.165, 1.54) is 11.3 Å². The first kappa shape index (κ1) is 14.7. The summed E-state index contributed by atoms with van der Waals surface area (Å²) in [5.41, 5.74) is 0.975. The van der Waals surface area contributed by atoms with E-state index >= 15 is 0 Å². The standard InChI is InChI=1S/C13H20N2O2S2/c1-8-11(19-13(18)15-8)6-12(17)14-7-9-4-2-3-5-10(9)16/h9-10,16H,2-7H2,1H3,(H,14,17)(H,15,18)/t9-,10-/m1/s1. The number of carbonyl (C=O) groups excluding carboxylic acids is 1. The Morgan fingerprint density at radius 2 is 2.26 bits per heavy atom. The maximum atomic E-state index is 11.9. The summed E-state index contributed by atoms with van der Waals surface area (Å²) in [5.74, 6) is 0.217. The molecule has 2 atom stereocenters. The van der Waals surface area contributed by atoms with Crippen molar-refractivity contribution >= 4 is 29.5 Å². The first-order chi connectivity index (χ1) is 9.06. The van der Waals surface area contributed by atoms with Gasteiger partial charge in [0.15, 0.2) is 3.95 Å². The van der Waals surface area contributed by atoms with Crippen molar-refractivity contribution < 1.29 is 9.90 Å². The van der Waals surface area contributed by atoms with Crippen LogP contribution in [0.1, 0.15) is 36.3 Å². The van der Waals surface area contributed by atoms with Gasteiger partial charge in [0.2, 0.25) is 5.91 Å². The van der Waals surface area contributed by atoms with Gasteiger partial charge in [-0.1, -0.05) is 12.8 Å². The Morgan fingerprint density at radius 3 is 2.89 bits per heavy atom. The van der Waals surface area contributed by atoms with Gasteiger partial charge in [-0.15, -0.1) is 11.3 Å². The number of hydrogen-bond acceptors (Lipinski definition) is 4. The molecule has 1 fully saturated rings. The highest BCUT2D eigenvalue weighted by atomic mass is 32.1. The fraction of sp³-hybridized carbons (Fsp3) is 0.692. The monoisotopic (exact) mass is 300 g/mol. The van der Waals surface area contributed by atoms with Crippen LogP contribution in [-0.2, 0) is 11.2 Å². The highest BCUT2D eigenvalue weighted by Gasteiger charge is 2.23. The number of carbonyl (C=O) groups is 1. The van der Waals surface area contributed by atoms with Crippen LogP contribution in [-0.4, -0.2) is 28.6 Å². The van der Waals surface area contributed by atoms with E-state index in [1.807, 2.05) is 6.92 Å². The first-order valence-electron chi connectivity index (χ1n) is 6.69. The molecule has 0 unspecified atom stereocenters. The lowest BCUT2D eigenvalue weighted by molar-refractivity contribution is -0.120. The molecule has 1 aromatic heterocycles. The fourth-order valence-electron chi connectivity index (χ4n) is 2.48. The number of aliphatic hydroxyl groups is 1. The van der Waals surface area contributed by atoms with Crippen molar-refractivity contribution in [2.45, 2.75) is 45.1 Å². The molecule has 1 amide bonds. The van der Waals surface area contributed by atoms with Crippen LogP contribution in [0.15, 0.2) is 0 Å². The number of aliphatic hydroxyl groups excluding tert-OH is 1. The van der Waals surface area contributed by atoms with Crippen LogP contribution in [0.4, 0.5) is 0 Å². The van der Waals surface area contributed by atoms with E-state index in [-0.39, 0.29) is 17.9 Å². The maximum Gasteiger partial charge on any atom is 0.225 e. The number of aryl methyl sites for hydroxylation is 1. The van der Waals surface area contributed by atoms with Gasteiger partial charge in [0.1, 0.15) is 0 Å². The predicted molar refractivity (Wildman–Crippen MR) is 78.9 cm³/mol. The zero-order chi connectivity index (χ0) is 13.8. The molecule has 2 rings (SSSR count). The molecule has 106 valence electrons. The normalized spacial score (nSPS) is 23.3. The molecule has 1 heterocycles. The zero-order valence-corrected chi connectivity index (χ0v) is 12.7. The van der Waals surface area contributed by atoms with Gasteiger partial charge < -0.3 is 15.4 Å². The first-order valence-corrected chi connectivity index (χ1v) is 7.92. The average Bonchev–Trinajstić information content (AvgIpc) is 2.67. The molecule has 0 saturated heterocycles. The summed E-state index contributed by atoms with van der Waals surface area (Å²) in [6.45, 7) is 2.51. The maximum absolute atomic E-state index is 11.9. The lowest BCUT2D eigenvalue weighted by Crippen LogP contribution is -2.37. The summed E-state index contributed by atoms with van der Waals surface area (Å²) in [7, 11) is 0. The van der Waals surface area contributed by atoms with E-state index in [0.29, 0.717) is 16.9 Å². The van der Waals surface area contributed by atoms with Crippen molar-refractivity contribution in [2.24, 2.45) is 5.92 Å². The van der Waals surface area contributed by atoms with Crippen molar-refractivity contribution in [3.05, 3.63) is 14.5 Å². The third kappa shape index (κ3) is 4.12. The van der Waals surface area contributed by atoms with Gasteiger partial charge in [-0.25, -0.2) is 0 Å². The number of nitrogens with one attached hydrogen (secondary N) is 2. The van der Waals surface area contributed by atoms with Crippen molar-refractivity contribution in [3.63, 3.8) is 0 Å². The molecule has 6 heteroatoms. The van der Waals surface area contributed by atoms with Gasteiger partial charge in [0.05, 0.1) is 12.5 Å². The van der Waals surface area contributed by atoms with E-state index in [9.17, 15) is 9.90 Å². The minimum atomic E-state index is -0.259. The van der Waals surface area contributed by atoms with Crippen molar-refractivity contribution in [2.75, 3.05) is 6.54 Å². The van der Waals surface area contributed by atoms with E-state index in [4.69, 9.17) is 12.2 Å². The Hall–Kier alpha value is -0.720. The van der Waals surface area contributed by atoms with E-state index in [2.05, 4.69) is 10.3 Å². The summed E-state index contributed by atoms with van der Waals surface area (Å²) in [5, 5.41) is 12.8. The van der Waals surface area contributed by atoms with Crippen LogP contribution < -0.4 is 5.32 Å². The molecule has 0 aromatic carbocycles. The fourth-order valence-corrected chi connectivity index (χ4v) is 3.78. The molecule has 4 nitrogen and oxygen atoms in total. The minimum Gasteiger partial charge on any atom is -0.393 e. The molecule has 3 N–H and O–H groups in total. The molecule has 0 spiro atoms. The van der Waals surface area contributed by atoms with Crippen LogP contribution in [0.5, 0.6) is 0 Å². The number of aromatic nitrogens is 1. The smallest absolute Gasteiger partial charge is 0.225 e. The van der Waals surface area contributed by atoms with Crippen LogP contribution in [0.3, 0.4) is 0 Å². The molecule has 1 aliphatic rings. The Labute approximate surface area is 122 Å². The van der Waals surface area contributed by atoms with Gasteiger partial charge >= 0.3 is 0 Å². The van der Waals surface area contributed by atoms with Gasteiger partial charge in [-0.3, -0.25) is 4.79 Å². The van der Waals surface area contributed by atoms with E-state index in [1.54, 1.807) is 0 Å². The highest BCUT2D eigenvalue weighted by molar-refractivity contribution is 7.73. The molecule has 0 radical (unpaired) electrons. The SMILES string of the molecule is Cc1[nH]c(=S)sc1CC(=O)NC[C@H]1CCCC[C@H]1O. The van der Waals surface area contributed by atoms with Crippen LogP contribution in [0.2, 0.25) is 0 Å². The lowest BCUT2D eigenvalue weighted by Gasteiger charge is -2.27. The van der Waals surface area contributed by atoms with Crippen molar-refractivity contribution in [1.29, 1.82) is 0 Å². The number of rotatable bonds is 4. The summed E-state index contributed by atoms with van der Waals surface area (Å²) in [6, 6.07) is 0. The second kappa shape index (κ2) is 6.63. The average molecular weight is 300 g/mol. The highest BCUT2D eigenvalue weighted by Crippen LogP contribution is 2.23. The van der Waals surface area contributed by atoms with E-state index in [0.717, 1.165) is 36.3 Å². The molecule has 0 bridgehead atoms. The largest absolute Gasteiger partial charge is 0.393 e. The summed E-state index contributed by atoms with van der Waals surface area (Å²) < 4.78 is 0.711. The third-order valence-electron chi connectivity index (χ3n) is 3.68. The van der Waals surface area contributed by atoms with Gasteiger partial charge in [-0.2, -0.15) is 0 Å². The second-order valence-electron chi connectivity index (χ2n) is 5.16. The van der Waals surface area contributed by atoms with Crippen LogP contribution in [0, 0.1) is 16.8 Å².